The Morgan fingerprint density at radius 1 is 0.365 bits per heavy atom. The maximum absolute atomic E-state index is 8.08. The largest absolute Gasteiger partial charge is 0.0622 e. The van der Waals surface area contributed by atoms with Gasteiger partial charge in [0, 0.05) is 0 Å². The molecule has 0 saturated carbocycles. The molecule has 0 atom stereocenters. The van der Waals surface area contributed by atoms with Gasteiger partial charge in [-0.2, -0.15) is 10.5 Å². The maximum Gasteiger partial charge on any atom is -0.000884 e. The van der Waals surface area contributed by atoms with E-state index < -0.39 is 15.8 Å². The summed E-state index contributed by atoms with van der Waals surface area (Å²) in [5, 5.41) is 29.5. The molecule has 9 heteroatoms. The van der Waals surface area contributed by atoms with Crippen molar-refractivity contribution >= 4 is 88.6 Å². The second kappa shape index (κ2) is 23.4. The number of furan rings is 2. The van der Waals surface area contributed by atoms with Gasteiger partial charge in [-0.15, -0.1) is 0 Å². The van der Waals surface area contributed by atoms with E-state index in [1.165, 1.54) is 77.0 Å². The van der Waals surface area contributed by atoms with Gasteiger partial charge in [-0.25, -0.2) is 0 Å². The number of fused-ring (bicyclic) bond motifs is 2. The summed E-state index contributed by atoms with van der Waals surface area (Å²) in [5.41, 5.74) is 2.70. The first-order valence-electron chi connectivity index (χ1n) is 19.7. The van der Waals surface area contributed by atoms with Crippen molar-refractivity contribution in [3.05, 3.63) is 242 Å². The molecule has 10 aromatic rings. The van der Waals surface area contributed by atoms with Crippen LogP contribution in [0.25, 0.3) is 32.7 Å². The van der Waals surface area contributed by atoms with E-state index in [1.54, 1.807) is 24.3 Å². The Morgan fingerprint density at radius 3 is 0.937 bits per heavy atom. The summed E-state index contributed by atoms with van der Waals surface area (Å²) in [7, 11) is 8.00. The van der Waals surface area contributed by atoms with E-state index in [-0.39, 0.29) is 15.1 Å². The third-order valence-corrected chi connectivity index (χ3v) is 14.8. The van der Waals surface area contributed by atoms with E-state index in [9.17, 15) is 0 Å². The molecule has 0 aliphatic rings. The van der Waals surface area contributed by atoms with E-state index in [0.717, 1.165) is 0 Å². The molecule has 0 aliphatic carbocycles. The van der Waals surface area contributed by atoms with Crippen LogP contribution in [0.15, 0.2) is 240 Å². The topological polar surface area (TPSA) is 73.9 Å². The molecule has 4 nitrogen and oxygen atoms in total. The van der Waals surface area contributed by atoms with Crippen LogP contribution in [0, 0.1) is 22.7 Å². The van der Waals surface area contributed by atoms with Crippen LogP contribution in [0.2, 0.25) is 0 Å². The molecule has 0 saturated heterocycles. The second-order valence-corrected chi connectivity index (χ2v) is 20.6. The number of hydrogen-bond acceptors (Lipinski definition) is 4. The van der Waals surface area contributed by atoms with Crippen LogP contribution in [-0.2, 0) is 15.1 Å². The molecule has 308 valence electrons. The van der Waals surface area contributed by atoms with Crippen molar-refractivity contribution in [1.82, 2.24) is 0 Å². The number of benzene rings is 8. The third kappa shape index (κ3) is 11.3. The van der Waals surface area contributed by atoms with Gasteiger partial charge < -0.3 is 8.83 Å². The molecule has 0 amide bonds. The third-order valence-electron chi connectivity index (χ3n) is 9.87. The Labute approximate surface area is 386 Å². The summed E-state index contributed by atoms with van der Waals surface area (Å²) in [4.78, 5) is 0. The van der Waals surface area contributed by atoms with Crippen molar-refractivity contribution in [2.45, 2.75) is 0 Å². The number of rotatable bonds is 7. The van der Waals surface area contributed by atoms with Crippen molar-refractivity contribution in [2.24, 2.45) is 0 Å². The summed E-state index contributed by atoms with van der Waals surface area (Å²) in [6, 6.07) is 82.1. The van der Waals surface area contributed by atoms with Gasteiger partial charge in [-0.1, -0.05) is 194 Å². The zero-order chi connectivity index (χ0) is 43.6. The van der Waals surface area contributed by atoms with E-state index in [0.29, 0.717) is 11.5 Å². The number of halogens is 2. The first-order valence-corrected chi connectivity index (χ1v) is 26.9. The van der Waals surface area contributed by atoms with E-state index >= 15 is 0 Å². The predicted molar refractivity (Wildman–Crippen MR) is 263 cm³/mol. The molecule has 0 spiro atoms. The summed E-state index contributed by atoms with van der Waals surface area (Å²) >= 11 is -0.346. The number of nitriles is 2. The molecule has 2 aromatic heterocycles. The molecular weight excluding hydrogens is 943 g/mol. The quantitative estimate of drug-likeness (QED) is 0.118. The second-order valence-electron chi connectivity index (χ2n) is 13.6. The van der Waals surface area contributed by atoms with Crippen molar-refractivity contribution in [3.8, 4) is 23.3 Å². The molecule has 8 aromatic carbocycles. The Morgan fingerprint density at radius 2 is 0.667 bits per heavy atom. The minimum atomic E-state index is -0.852. The van der Waals surface area contributed by atoms with E-state index in [1.807, 2.05) is 12.1 Å². The molecule has 0 unspecified atom stereocenters. The summed E-state index contributed by atoms with van der Waals surface area (Å²) in [5.74, 6) is 0.722. The molecular formula is C54H38Cl2N2O2P2Ru. The minimum absolute atomic E-state index is 0.346. The van der Waals surface area contributed by atoms with Crippen LogP contribution in [0.5, 0.6) is 0 Å². The van der Waals surface area contributed by atoms with Crippen LogP contribution in [0.1, 0.15) is 11.5 Å². The summed E-state index contributed by atoms with van der Waals surface area (Å²) < 4.78 is 9.24. The molecule has 0 fully saturated rings. The van der Waals surface area contributed by atoms with Gasteiger partial charge in [0.1, 0.15) is 12.1 Å². The van der Waals surface area contributed by atoms with Crippen LogP contribution < -0.4 is 31.8 Å². The maximum atomic E-state index is 8.08. The van der Waals surface area contributed by atoms with Gasteiger partial charge in [0.05, 0.1) is 12.5 Å². The number of nitrogens with zero attached hydrogens (tertiary/aromatic N) is 2. The van der Waals surface area contributed by atoms with E-state index in [4.69, 9.17) is 29.9 Å². The standard InChI is InChI=1S/C44H32P2.2C5H3NO.2ClH.Ru/c1-5-19-35(20-6-1)45(36-21-7-2-8-22-36)41-31-29-33-17-13-15-27-39(33)43(41)44-40-28-16-14-18-34(40)30-32-42(44)46(37-23-9-3-10-24-37)38-25-11-4-12-26-38;2*6-4-5-2-1-3-7-5;;;/h1-32H;2*1-3H;2*1H;/q;;;;;+2/p-2. The summed E-state index contributed by atoms with van der Waals surface area (Å²) in [6.07, 6.45) is 2.94. The zero-order valence-electron chi connectivity index (χ0n) is 33.7. The zero-order valence-corrected chi connectivity index (χ0v) is 38.7. The smallest absolute Gasteiger partial charge is 0.000884 e. The fourth-order valence-electron chi connectivity index (χ4n) is 7.27. The minimum Gasteiger partial charge on any atom is -0.0622 e. The number of hydrogen-bond donors (Lipinski definition) is 0. The predicted octanol–water partition coefficient (Wildman–Crippen LogP) is 12.9. The molecule has 0 radical (unpaired) electrons. The van der Waals surface area contributed by atoms with Gasteiger partial charge in [0.2, 0.25) is 11.5 Å². The molecule has 10 rings (SSSR count). The molecule has 63 heavy (non-hydrogen) atoms. The van der Waals surface area contributed by atoms with Crippen LogP contribution >= 0.6 is 35.2 Å². The van der Waals surface area contributed by atoms with Crippen LogP contribution in [0.4, 0.5) is 0 Å². The normalized spacial score (nSPS) is 10.4. The van der Waals surface area contributed by atoms with Crippen molar-refractivity contribution in [1.29, 1.82) is 10.5 Å². The van der Waals surface area contributed by atoms with Gasteiger partial charge in [0.25, 0.3) is 0 Å². The molecule has 2 heterocycles. The van der Waals surface area contributed by atoms with Gasteiger partial charge in [-0.3, -0.25) is 0 Å². The SMILES string of the molecule is N#Cc1ccco1.N#Cc1ccco1.[Cl][Ru][Cl].c1ccc(P(c2ccccc2)c2ccc3ccccc3c2-c2c(P(c3ccccc3)c3ccccc3)ccc3ccccc23)cc1. The fourth-order valence-corrected chi connectivity index (χ4v) is 12.2. The van der Waals surface area contributed by atoms with Crippen LogP contribution in [0.3, 0.4) is 0 Å². The van der Waals surface area contributed by atoms with Crippen molar-refractivity contribution in [2.75, 3.05) is 0 Å². The summed E-state index contributed by atoms with van der Waals surface area (Å²) in [6.45, 7) is 0. The fraction of sp³-hybridized carbons (Fsp3) is 0. The van der Waals surface area contributed by atoms with E-state index in [2.05, 4.69) is 203 Å². The van der Waals surface area contributed by atoms with Gasteiger partial charge in [-0.05, 0) is 105 Å². The van der Waals surface area contributed by atoms with Crippen LogP contribution in [-0.4, -0.2) is 0 Å². The van der Waals surface area contributed by atoms with Gasteiger partial charge in [0.15, 0.2) is 0 Å². The van der Waals surface area contributed by atoms with Gasteiger partial charge >= 0.3 is 34.5 Å². The molecule has 0 aliphatic heterocycles. The molecule has 0 N–H and O–H groups in total. The average molecular weight is 981 g/mol. The Hall–Kier alpha value is -6.12. The van der Waals surface area contributed by atoms with Crippen molar-refractivity contribution < 1.29 is 24.0 Å². The average Bonchev–Trinajstić information content (AvgIpc) is 4.10. The first-order chi connectivity index (χ1) is 31.1. The van der Waals surface area contributed by atoms with Crippen molar-refractivity contribution in [3.63, 3.8) is 0 Å². The first kappa shape index (κ1) is 44.9. The molecule has 0 bridgehead atoms. The Balaban J connectivity index is 0.000000293. The monoisotopic (exact) mass is 980 g/mol. The Kier molecular flexibility index (Phi) is 16.7. The Bertz CT molecular complexity index is 2750.